The van der Waals surface area contributed by atoms with Crippen LogP contribution < -0.4 is 9.47 Å². The number of aromatic nitrogens is 1. The third kappa shape index (κ3) is 7.24. The van der Waals surface area contributed by atoms with Crippen molar-refractivity contribution in [3.63, 3.8) is 0 Å². The van der Waals surface area contributed by atoms with E-state index in [1.807, 2.05) is 95.3 Å². The first-order valence-corrected chi connectivity index (χ1v) is 24.0. The van der Waals surface area contributed by atoms with Crippen molar-refractivity contribution in [1.29, 1.82) is 0 Å². The Morgan fingerprint density at radius 3 is 2.30 bits per heavy atom. The van der Waals surface area contributed by atoms with Gasteiger partial charge in [-0.2, -0.15) is 0 Å². The number of carbonyl (C=O) groups excluding carboxylic acids is 3. The summed E-state index contributed by atoms with van der Waals surface area (Å²) in [5.74, 6) is -3.19. The van der Waals surface area contributed by atoms with Crippen molar-refractivity contribution >= 4 is 42.6 Å². The van der Waals surface area contributed by atoms with Crippen LogP contribution in [0.3, 0.4) is 0 Å². The van der Waals surface area contributed by atoms with Crippen molar-refractivity contribution in [2.75, 3.05) is 27.2 Å². The summed E-state index contributed by atoms with van der Waals surface area (Å²) in [5, 5.41) is 29.5. The fraction of sp³-hybridized carbons (Fsp3) is 0.489. The first-order valence-electron chi connectivity index (χ1n) is 21.1. The van der Waals surface area contributed by atoms with Gasteiger partial charge in [0.05, 0.1) is 11.6 Å². The molecule has 0 spiro atoms. The summed E-state index contributed by atoms with van der Waals surface area (Å²) in [6.45, 7) is 17.9. The molecule has 8 rings (SSSR count). The van der Waals surface area contributed by atoms with E-state index in [2.05, 4.69) is 10.1 Å². The average molecular weight is 852 g/mol. The minimum atomic E-state index is -3.00. The Labute approximate surface area is 357 Å². The summed E-state index contributed by atoms with van der Waals surface area (Å²) in [4.78, 5) is 49.3. The molecule has 3 aromatic carbocycles. The van der Waals surface area contributed by atoms with Crippen LogP contribution in [-0.2, 0) is 33.5 Å². The van der Waals surface area contributed by atoms with E-state index in [0.29, 0.717) is 22.9 Å². The summed E-state index contributed by atoms with van der Waals surface area (Å²) in [7, 11) is 0.704. The first kappa shape index (κ1) is 42.7. The maximum Gasteiger partial charge on any atom is 0.514 e. The second kappa shape index (κ2) is 15.1. The van der Waals surface area contributed by atoms with E-state index >= 15 is 9.59 Å². The number of ether oxygens (including phenoxy) is 3. The molecule has 61 heavy (non-hydrogen) atoms. The predicted molar refractivity (Wildman–Crippen MR) is 231 cm³/mol. The van der Waals surface area contributed by atoms with Gasteiger partial charge in [0.1, 0.15) is 29.3 Å². The van der Waals surface area contributed by atoms with Gasteiger partial charge in [-0.15, -0.1) is 0 Å². The lowest BCUT2D eigenvalue weighted by atomic mass is 9.57. The molecule has 2 N–H and O–H groups in total. The SMILES string of the molecule is CN(C)[C@@H]1c2onc(OCc3ccccc3)c2C(=O)[C@@]2(O[Si](C)(C)C(C)(C)C)C(=O)C3=C(O)c4c(c(O)c5ccc(CN6CCC6)cc5c4OC(=O)OC(C)(C)C)C[C@H]3C[C@@H]12. The zero-order valence-corrected chi connectivity index (χ0v) is 37.8. The van der Waals surface area contributed by atoms with E-state index in [1.165, 1.54) is 0 Å². The van der Waals surface area contributed by atoms with Crippen LogP contribution in [0.1, 0.15) is 98.8 Å². The Hall–Kier alpha value is -5.02. The molecule has 2 fully saturated rings. The summed E-state index contributed by atoms with van der Waals surface area (Å²) in [6.07, 6.45) is 0.383. The van der Waals surface area contributed by atoms with Crippen LogP contribution in [0.25, 0.3) is 16.5 Å². The lowest BCUT2D eigenvalue weighted by Gasteiger charge is -2.55. The zero-order valence-electron chi connectivity index (χ0n) is 36.8. The van der Waals surface area contributed by atoms with Gasteiger partial charge in [0.2, 0.25) is 11.6 Å². The number of ketones is 2. The van der Waals surface area contributed by atoms with Crippen molar-refractivity contribution in [2.24, 2.45) is 11.8 Å². The maximum atomic E-state index is 16.0. The summed E-state index contributed by atoms with van der Waals surface area (Å²) < 4.78 is 31.1. The molecule has 2 heterocycles. The van der Waals surface area contributed by atoms with E-state index in [4.69, 9.17) is 23.2 Å². The van der Waals surface area contributed by atoms with Crippen molar-refractivity contribution in [3.8, 4) is 17.4 Å². The highest BCUT2D eigenvalue weighted by molar-refractivity contribution is 6.74. The standard InChI is InChI=1S/C47H57N3O10Si/c1-45(2,3)58-44(55)57-39-30-21-27(24-50-19-14-20-50)17-18-29(30)37(51)31-22-28-23-32-36(49(7)8)40-35(43(48-59-40)56-25-26-15-12-11-13-16-26)42(54)47(32,60-61(9,10)46(4,5)6)41(53)33(28)38(52)34(31)39/h11-13,15-18,21,28,32,36,51-52H,14,19-20,22-25H2,1-10H3/t28-,32-,36-,47-/m0/s1. The fourth-order valence-corrected chi connectivity index (χ4v) is 10.6. The second-order valence-electron chi connectivity index (χ2n) is 19.8. The smallest absolute Gasteiger partial charge is 0.507 e. The minimum absolute atomic E-state index is 0.00227. The number of hydrogen-bond acceptors (Lipinski definition) is 13. The predicted octanol–water partition coefficient (Wildman–Crippen LogP) is 8.92. The average Bonchev–Trinajstić information content (AvgIpc) is 3.57. The molecule has 14 heteroatoms. The Bertz CT molecular complexity index is 2460. The number of phenols is 1. The highest BCUT2D eigenvalue weighted by atomic mass is 28.4. The minimum Gasteiger partial charge on any atom is -0.507 e. The van der Waals surface area contributed by atoms with E-state index in [1.54, 1.807) is 26.8 Å². The van der Waals surface area contributed by atoms with Gasteiger partial charge < -0.3 is 33.4 Å². The van der Waals surface area contributed by atoms with Crippen molar-refractivity contribution in [3.05, 3.63) is 87.7 Å². The summed E-state index contributed by atoms with van der Waals surface area (Å²) in [5.41, 5.74) is -0.955. The molecule has 13 nitrogen and oxygen atoms in total. The highest BCUT2D eigenvalue weighted by Gasteiger charge is 2.69. The molecule has 3 aliphatic carbocycles. The second-order valence-corrected chi connectivity index (χ2v) is 24.5. The number of hydrogen-bond donors (Lipinski definition) is 2. The molecule has 1 saturated heterocycles. The number of aromatic hydroxyl groups is 1. The van der Waals surface area contributed by atoms with Gasteiger partial charge in [-0.05, 0) is 114 Å². The van der Waals surface area contributed by atoms with Gasteiger partial charge in [0.25, 0.3) is 5.88 Å². The van der Waals surface area contributed by atoms with Gasteiger partial charge in [0.15, 0.2) is 25.4 Å². The molecule has 1 saturated carbocycles. The van der Waals surface area contributed by atoms with Crippen molar-refractivity contribution in [2.45, 2.75) is 109 Å². The van der Waals surface area contributed by atoms with Gasteiger partial charge >= 0.3 is 6.16 Å². The normalized spacial score (nSPS) is 23.0. The lowest BCUT2D eigenvalue weighted by molar-refractivity contribution is -0.140. The maximum absolute atomic E-state index is 16.0. The zero-order chi connectivity index (χ0) is 44.0. The number of likely N-dealkylation sites (tertiary alicyclic amines) is 1. The molecule has 1 aliphatic heterocycles. The van der Waals surface area contributed by atoms with Crippen LogP contribution in [0.4, 0.5) is 4.79 Å². The molecule has 1 aromatic heterocycles. The Kier molecular flexibility index (Phi) is 10.6. The summed E-state index contributed by atoms with van der Waals surface area (Å²) in [6, 6.07) is 14.4. The number of nitrogens with zero attached hydrogens (tertiary/aromatic N) is 3. The topological polar surface area (TPSA) is 161 Å². The van der Waals surface area contributed by atoms with Crippen molar-refractivity contribution < 1.29 is 47.8 Å². The number of aliphatic hydroxyl groups excluding tert-OH is 1. The van der Waals surface area contributed by atoms with Gasteiger partial charge in [-0.3, -0.25) is 19.4 Å². The molecule has 4 aliphatic rings. The number of Topliss-reactive ketones (excluding diaryl/α,β-unsaturated/α-hetero) is 2. The molecule has 0 bridgehead atoms. The number of carbonyl (C=O) groups is 3. The Morgan fingerprint density at radius 2 is 1.67 bits per heavy atom. The fourth-order valence-electron chi connectivity index (χ4n) is 9.19. The van der Waals surface area contributed by atoms with E-state index in [9.17, 15) is 15.0 Å². The highest BCUT2D eigenvalue weighted by Crippen LogP contribution is 2.60. The van der Waals surface area contributed by atoms with Gasteiger partial charge in [0, 0.05) is 34.4 Å². The largest absolute Gasteiger partial charge is 0.514 e. The van der Waals surface area contributed by atoms with Crippen molar-refractivity contribution in [1.82, 2.24) is 15.0 Å². The lowest BCUT2D eigenvalue weighted by Crippen LogP contribution is -2.68. The molecule has 4 aromatic rings. The number of benzene rings is 3. The Morgan fingerprint density at radius 1 is 0.967 bits per heavy atom. The van der Waals surface area contributed by atoms with Crippen LogP contribution in [0.5, 0.6) is 17.4 Å². The molecule has 0 radical (unpaired) electrons. The Balaban J connectivity index is 1.34. The van der Waals surface area contributed by atoms with Crippen LogP contribution in [0, 0.1) is 11.8 Å². The van der Waals surface area contributed by atoms with E-state index in [0.717, 1.165) is 30.6 Å². The third-order valence-corrected chi connectivity index (χ3v) is 17.7. The number of fused-ring (bicyclic) bond motifs is 5. The van der Waals surface area contributed by atoms with E-state index in [-0.39, 0.29) is 59.3 Å². The van der Waals surface area contributed by atoms with Gasteiger partial charge in [-0.25, -0.2) is 4.79 Å². The van der Waals surface area contributed by atoms with Crippen LogP contribution in [-0.4, -0.2) is 89.6 Å². The quantitative estimate of drug-likeness (QED) is 0.0712. The molecule has 324 valence electrons. The first-order chi connectivity index (χ1) is 28.6. The van der Waals surface area contributed by atoms with Crippen LogP contribution >= 0.6 is 0 Å². The molecule has 4 atom stereocenters. The van der Waals surface area contributed by atoms with E-state index < -0.39 is 65.9 Å². The number of aliphatic hydroxyl groups is 1. The van der Waals surface area contributed by atoms with Gasteiger partial charge in [-0.1, -0.05) is 63.2 Å². The number of phenolic OH excluding ortho intramolecular Hbond substituents is 1. The van der Waals surface area contributed by atoms with Crippen LogP contribution in [0.2, 0.25) is 18.1 Å². The molecule has 0 unspecified atom stereocenters. The third-order valence-electron chi connectivity index (χ3n) is 13.2. The van der Waals surface area contributed by atoms with Crippen LogP contribution in [0.15, 0.2) is 58.6 Å². The monoisotopic (exact) mass is 851 g/mol. The molecule has 0 amide bonds. The molecular weight excluding hydrogens is 795 g/mol. The number of rotatable bonds is 9. The summed E-state index contributed by atoms with van der Waals surface area (Å²) >= 11 is 0. The molecular formula is C47H57N3O10Si.